The number of guanidine groups is 1. The molecule has 1 amide bonds. The third kappa shape index (κ3) is 6.43. The van der Waals surface area contributed by atoms with Crippen molar-refractivity contribution in [2.75, 3.05) is 40.3 Å². The maximum Gasteiger partial charge on any atom is 0.243 e. The van der Waals surface area contributed by atoms with Crippen molar-refractivity contribution in [3.63, 3.8) is 0 Å². The number of hydrogen-bond acceptors (Lipinski definition) is 5. The lowest BCUT2D eigenvalue weighted by Gasteiger charge is -2.33. The predicted octanol–water partition coefficient (Wildman–Crippen LogP) is 1.94. The number of H-pyrrole nitrogens is 1. The molecule has 0 bridgehead atoms. The molecule has 1 aliphatic heterocycles. The second-order valence-corrected chi connectivity index (χ2v) is 7.85. The number of likely N-dealkylation sites (tertiary alicyclic amines) is 1. The number of aliphatic imine (C=N–C) groups is 1. The number of aromatic nitrogens is 3. The summed E-state index contributed by atoms with van der Waals surface area (Å²) in [6.45, 7) is 2.73. The Morgan fingerprint density at radius 2 is 2.21 bits per heavy atom. The highest BCUT2D eigenvalue weighted by Crippen LogP contribution is 2.24. The van der Waals surface area contributed by atoms with Crippen LogP contribution >= 0.6 is 35.3 Å². The van der Waals surface area contributed by atoms with E-state index in [-0.39, 0.29) is 36.4 Å². The summed E-state index contributed by atoms with van der Waals surface area (Å²) in [5.41, 5.74) is 0. The molecule has 0 unspecified atom stereocenters. The number of halogens is 1. The molecule has 0 radical (unpaired) electrons. The van der Waals surface area contributed by atoms with Crippen molar-refractivity contribution < 1.29 is 4.79 Å². The van der Waals surface area contributed by atoms with Crippen molar-refractivity contribution >= 4 is 47.2 Å². The number of hydrogen-bond donors (Lipinski definition) is 2. The van der Waals surface area contributed by atoms with Crippen molar-refractivity contribution in [3.05, 3.63) is 34.5 Å². The average molecular weight is 517 g/mol. The van der Waals surface area contributed by atoms with Crippen LogP contribution in [0, 0.1) is 0 Å². The van der Waals surface area contributed by atoms with Crippen LogP contribution in [0.2, 0.25) is 0 Å². The van der Waals surface area contributed by atoms with Crippen LogP contribution in [-0.4, -0.2) is 77.1 Å². The van der Waals surface area contributed by atoms with Crippen molar-refractivity contribution in [1.29, 1.82) is 0 Å². The Kier molecular flexibility index (Phi) is 9.16. The summed E-state index contributed by atoms with van der Waals surface area (Å²) < 4.78 is 0. The highest BCUT2D eigenvalue weighted by Gasteiger charge is 2.24. The Balaban J connectivity index is 0.00000280. The minimum absolute atomic E-state index is 0. The van der Waals surface area contributed by atoms with Crippen LogP contribution in [0.15, 0.2) is 28.8 Å². The molecule has 154 valence electrons. The van der Waals surface area contributed by atoms with E-state index < -0.39 is 0 Å². The van der Waals surface area contributed by atoms with Gasteiger partial charge in [-0.1, -0.05) is 6.07 Å². The molecule has 0 aromatic carbocycles. The third-order valence-electron chi connectivity index (χ3n) is 4.71. The number of thiophene rings is 1. The lowest BCUT2D eigenvalue weighted by atomic mass is 9.96. The summed E-state index contributed by atoms with van der Waals surface area (Å²) >= 11 is 1.76. The number of likely N-dealkylation sites (N-methyl/N-ethyl adjacent to an activating group) is 1. The second kappa shape index (κ2) is 11.3. The van der Waals surface area contributed by atoms with E-state index in [0.717, 1.165) is 50.7 Å². The average Bonchev–Trinajstić information content (AvgIpc) is 3.38. The van der Waals surface area contributed by atoms with Gasteiger partial charge in [-0.25, -0.2) is 9.98 Å². The minimum Gasteiger partial charge on any atom is -0.356 e. The quantitative estimate of drug-likeness (QED) is 0.348. The van der Waals surface area contributed by atoms with Gasteiger partial charge in [-0.15, -0.1) is 35.3 Å². The molecule has 1 aliphatic rings. The fourth-order valence-corrected chi connectivity index (χ4v) is 3.79. The first-order valence-corrected chi connectivity index (χ1v) is 10.1. The number of rotatable bonds is 6. The van der Waals surface area contributed by atoms with Gasteiger partial charge in [0.2, 0.25) is 5.91 Å². The predicted molar refractivity (Wildman–Crippen MR) is 122 cm³/mol. The summed E-state index contributed by atoms with van der Waals surface area (Å²) in [4.78, 5) is 26.0. The van der Waals surface area contributed by atoms with E-state index >= 15 is 0 Å². The fraction of sp³-hybridized carbons (Fsp3) is 0.556. The number of piperidine rings is 1. The summed E-state index contributed by atoms with van der Waals surface area (Å²) in [6, 6.07) is 4.21. The largest absolute Gasteiger partial charge is 0.356 e. The Morgan fingerprint density at radius 1 is 1.43 bits per heavy atom. The molecule has 3 heterocycles. The number of nitrogens with one attached hydrogen (secondary N) is 2. The van der Waals surface area contributed by atoms with E-state index in [1.807, 2.05) is 0 Å². The Labute approximate surface area is 186 Å². The van der Waals surface area contributed by atoms with Gasteiger partial charge in [0.15, 0.2) is 5.96 Å². The molecule has 28 heavy (non-hydrogen) atoms. The molecule has 0 saturated carbocycles. The molecule has 3 rings (SSSR count). The standard InChI is InChI=1S/C18H27N7OS.HI/c1-24(2)16(26)12-20-18(19-8-5-15-4-3-11-27-15)25-9-6-14(7-10-25)17-21-13-22-23-17;/h3-4,11,13-14H,5-10,12H2,1-2H3,(H,19,20)(H,21,22,23);1H. The summed E-state index contributed by atoms with van der Waals surface area (Å²) in [6.07, 6.45) is 4.49. The van der Waals surface area contributed by atoms with E-state index in [1.54, 1.807) is 36.7 Å². The molecule has 1 saturated heterocycles. The first-order chi connectivity index (χ1) is 13.1. The van der Waals surface area contributed by atoms with Gasteiger partial charge in [0.05, 0.1) is 0 Å². The molecule has 2 aromatic rings. The SMILES string of the molecule is CN(C)C(=O)CN=C(NCCc1cccs1)N1CCC(c2ncn[nH]2)CC1.I. The number of aromatic amines is 1. The lowest BCUT2D eigenvalue weighted by Crippen LogP contribution is -2.46. The van der Waals surface area contributed by atoms with Gasteiger partial charge in [0.1, 0.15) is 18.7 Å². The molecule has 0 spiro atoms. The molecule has 10 heteroatoms. The van der Waals surface area contributed by atoms with Gasteiger partial charge >= 0.3 is 0 Å². The van der Waals surface area contributed by atoms with Gasteiger partial charge < -0.3 is 15.1 Å². The van der Waals surface area contributed by atoms with E-state index in [1.165, 1.54) is 4.88 Å². The second-order valence-electron chi connectivity index (χ2n) is 6.82. The van der Waals surface area contributed by atoms with Crippen LogP contribution in [0.5, 0.6) is 0 Å². The molecule has 8 nitrogen and oxygen atoms in total. The number of amides is 1. The molecule has 1 fully saturated rings. The van der Waals surface area contributed by atoms with Crippen LogP contribution in [0.25, 0.3) is 0 Å². The maximum atomic E-state index is 12.0. The Bertz CT molecular complexity index is 725. The topological polar surface area (TPSA) is 89.5 Å². The Hall–Kier alpha value is -1.69. The van der Waals surface area contributed by atoms with E-state index in [4.69, 9.17) is 0 Å². The summed E-state index contributed by atoms with van der Waals surface area (Å²) in [5.74, 6) is 2.18. The number of nitrogens with zero attached hydrogens (tertiary/aromatic N) is 5. The number of carbonyl (C=O) groups is 1. The normalized spacial score (nSPS) is 15.2. The first-order valence-electron chi connectivity index (χ1n) is 9.24. The van der Waals surface area contributed by atoms with Crippen LogP contribution < -0.4 is 5.32 Å². The van der Waals surface area contributed by atoms with Crippen LogP contribution in [0.1, 0.15) is 29.5 Å². The van der Waals surface area contributed by atoms with E-state index in [2.05, 4.69) is 47.9 Å². The first kappa shape index (κ1) is 22.6. The van der Waals surface area contributed by atoms with Crippen LogP contribution in [0.3, 0.4) is 0 Å². The molecule has 0 atom stereocenters. The van der Waals surface area contributed by atoms with E-state index in [9.17, 15) is 4.79 Å². The number of carbonyl (C=O) groups excluding carboxylic acids is 1. The maximum absolute atomic E-state index is 12.0. The van der Waals surface area contributed by atoms with Crippen molar-refractivity contribution in [3.8, 4) is 0 Å². The summed E-state index contributed by atoms with van der Waals surface area (Å²) in [7, 11) is 3.51. The lowest BCUT2D eigenvalue weighted by molar-refractivity contribution is -0.127. The van der Waals surface area contributed by atoms with Crippen molar-refractivity contribution in [2.45, 2.75) is 25.2 Å². The minimum atomic E-state index is 0. The van der Waals surface area contributed by atoms with E-state index in [0.29, 0.717) is 5.92 Å². The molecular formula is C18H28IN7OS. The molecular weight excluding hydrogens is 489 g/mol. The van der Waals surface area contributed by atoms with Crippen molar-refractivity contribution in [2.24, 2.45) is 4.99 Å². The van der Waals surface area contributed by atoms with Gasteiger partial charge in [0, 0.05) is 44.5 Å². The monoisotopic (exact) mass is 517 g/mol. The van der Waals surface area contributed by atoms with Crippen molar-refractivity contribution in [1.82, 2.24) is 30.3 Å². The Morgan fingerprint density at radius 3 is 2.82 bits per heavy atom. The smallest absolute Gasteiger partial charge is 0.243 e. The van der Waals surface area contributed by atoms with Crippen LogP contribution in [-0.2, 0) is 11.2 Å². The zero-order chi connectivity index (χ0) is 19.1. The highest BCUT2D eigenvalue weighted by atomic mass is 127. The van der Waals surface area contributed by atoms with Gasteiger partial charge in [-0.3, -0.25) is 9.89 Å². The van der Waals surface area contributed by atoms with Gasteiger partial charge in [-0.05, 0) is 30.7 Å². The fourth-order valence-electron chi connectivity index (χ4n) is 3.08. The zero-order valence-electron chi connectivity index (χ0n) is 16.3. The molecule has 2 N–H and O–H groups in total. The zero-order valence-corrected chi connectivity index (χ0v) is 19.4. The van der Waals surface area contributed by atoms with Gasteiger partial charge in [0.25, 0.3) is 0 Å². The van der Waals surface area contributed by atoms with Crippen LogP contribution in [0.4, 0.5) is 0 Å². The van der Waals surface area contributed by atoms with Gasteiger partial charge in [-0.2, -0.15) is 5.10 Å². The summed E-state index contributed by atoms with van der Waals surface area (Å²) in [5, 5.41) is 12.5. The third-order valence-corrected chi connectivity index (χ3v) is 5.65. The molecule has 0 aliphatic carbocycles. The highest BCUT2D eigenvalue weighted by molar-refractivity contribution is 14.0. The molecule has 2 aromatic heterocycles.